The quantitative estimate of drug-likeness (QED) is 0.739. The number of nitrogens with one attached hydrogen (secondary N) is 1. The molecule has 2 aliphatic rings. The predicted octanol–water partition coefficient (Wildman–Crippen LogP) is 1.17. The van der Waals surface area contributed by atoms with Crippen molar-refractivity contribution in [2.75, 3.05) is 18.4 Å². The van der Waals surface area contributed by atoms with Crippen LogP contribution in [-0.4, -0.2) is 56.8 Å². The molecule has 1 unspecified atom stereocenters. The summed E-state index contributed by atoms with van der Waals surface area (Å²) in [5.41, 5.74) is -0.703. The molecule has 7 nitrogen and oxygen atoms in total. The number of hydrogen-bond acceptors (Lipinski definition) is 5. The Morgan fingerprint density at radius 2 is 2.00 bits per heavy atom. The van der Waals surface area contributed by atoms with Gasteiger partial charge >= 0.3 is 5.97 Å². The van der Waals surface area contributed by atoms with Crippen molar-refractivity contribution in [3.63, 3.8) is 0 Å². The molecule has 2 aliphatic heterocycles. The molecule has 0 aromatic heterocycles. The van der Waals surface area contributed by atoms with Crippen LogP contribution in [0.2, 0.25) is 0 Å². The number of fused-ring (bicyclic) bond motifs is 1. The van der Waals surface area contributed by atoms with Crippen LogP contribution in [0.15, 0.2) is 23.1 Å². The molecule has 1 saturated heterocycles. The van der Waals surface area contributed by atoms with Gasteiger partial charge in [-0.15, -0.1) is 11.8 Å². The van der Waals surface area contributed by atoms with Crippen molar-refractivity contribution >= 4 is 35.2 Å². The molecule has 1 aromatic rings. The first kappa shape index (κ1) is 16.8. The zero-order chi connectivity index (χ0) is 17.5. The molecule has 3 N–H and O–H groups in total. The van der Waals surface area contributed by atoms with E-state index in [2.05, 4.69) is 5.32 Å². The maximum atomic E-state index is 12.6. The number of benzene rings is 1. The number of aliphatic carboxylic acids is 1. The monoisotopic (exact) mass is 350 g/mol. The summed E-state index contributed by atoms with van der Waals surface area (Å²) in [6.45, 7) is 2.17. The Morgan fingerprint density at radius 3 is 2.62 bits per heavy atom. The zero-order valence-electron chi connectivity index (χ0n) is 13.1. The number of rotatable bonds is 2. The van der Waals surface area contributed by atoms with Crippen molar-refractivity contribution in [1.82, 2.24) is 4.90 Å². The number of thioether (sulfide) groups is 1. The van der Waals surface area contributed by atoms with Gasteiger partial charge in [-0.1, -0.05) is 0 Å². The maximum Gasteiger partial charge on any atom is 0.335 e. The van der Waals surface area contributed by atoms with Gasteiger partial charge in [0.15, 0.2) is 5.60 Å². The zero-order valence-corrected chi connectivity index (χ0v) is 13.9. The summed E-state index contributed by atoms with van der Waals surface area (Å²) in [5.74, 6) is -1.58. The maximum absolute atomic E-state index is 12.6. The minimum atomic E-state index is -1.76. The minimum Gasteiger partial charge on any atom is -0.479 e. The van der Waals surface area contributed by atoms with E-state index in [1.54, 1.807) is 18.2 Å². The second-order valence-corrected chi connectivity index (χ2v) is 7.47. The molecule has 1 atom stereocenters. The Balaban J connectivity index is 1.74. The molecular formula is C16H18N2O5S. The number of aliphatic hydroxyl groups is 1. The SMILES string of the molecule is CC1Sc2ccc(C(=O)N3CCC(O)(C(=O)O)CC3)cc2NC1=O. The van der Waals surface area contributed by atoms with E-state index in [0.717, 1.165) is 4.90 Å². The topological polar surface area (TPSA) is 107 Å². The molecule has 2 amide bonds. The van der Waals surface area contributed by atoms with Gasteiger partial charge in [0.2, 0.25) is 5.91 Å². The van der Waals surface area contributed by atoms with Gasteiger partial charge in [0.05, 0.1) is 10.9 Å². The lowest BCUT2D eigenvalue weighted by atomic mass is 9.91. The fraction of sp³-hybridized carbons (Fsp3) is 0.438. The number of anilines is 1. The first-order chi connectivity index (χ1) is 11.3. The van der Waals surface area contributed by atoms with Crippen LogP contribution in [-0.2, 0) is 9.59 Å². The van der Waals surface area contributed by atoms with Crippen molar-refractivity contribution in [3.05, 3.63) is 23.8 Å². The Hall–Kier alpha value is -2.06. The van der Waals surface area contributed by atoms with Gasteiger partial charge in [-0.05, 0) is 25.1 Å². The van der Waals surface area contributed by atoms with Crippen molar-refractivity contribution in [3.8, 4) is 0 Å². The number of carbonyl (C=O) groups is 3. The summed E-state index contributed by atoms with van der Waals surface area (Å²) < 4.78 is 0. The summed E-state index contributed by atoms with van der Waals surface area (Å²) in [5, 5.41) is 21.6. The number of amides is 2. The molecule has 24 heavy (non-hydrogen) atoms. The molecule has 0 bridgehead atoms. The van der Waals surface area contributed by atoms with E-state index in [9.17, 15) is 19.5 Å². The van der Waals surface area contributed by atoms with E-state index in [1.165, 1.54) is 16.7 Å². The molecule has 0 aliphatic carbocycles. The van der Waals surface area contributed by atoms with Gasteiger partial charge in [0.1, 0.15) is 0 Å². The second-order valence-electron chi connectivity index (χ2n) is 6.09. The normalized spacial score (nSPS) is 22.5. The average Bonchev–Trinajstić information content (AvgIpc) is 2.55. The van der Waals surface area contributed by atoms with E-state index >= 15 is 0 Å². The highest BCUT2D eigenvalue weighted by Crippen LogP contribution is 2.36. The lowest BCUT2D eigenvalue weighted by Crippen LogP contribution is -2.50. The van der Waals surface area contributed by atoms with Crippen molar-refractivity contribution in [2.45, 2.75) is 35.5 Å². The third-order valence-electron chi connectivity index (χ3n) is 4.43. The van der Waals surface area contributed by atoms with Crippen molar-refractivity contribution in [2.24, 2.45) is 0 Å². The summed E-state index contributed by atoms with van der Waals surface area (Å²) in [6, 6.07) is 5.16. The van der Waals surface area contributed by atoms with Crippen LogP contribution >= 0.6 is 11.8 Å². The number of likely N-dealkylation sites (tertiary alicyclic amines) is 1. The molecule has 1 fully saturated rings. The average molecular weight is 350 g/mol. The second kappa shape index (κ2) is 6.10. The number of hydrogen-bond donors (Lipinski definition) is 3. The summed E-state index contributed by atoms with van der Waals surface area (Å²) in [7, 11) is 0. The van der Waals surface area contributed by atoms with Crippen molar-refractivity contribution < 1.29 is 24.6 Å². The highest BCUT2D eigenvalue weighted by atomic mass is 32.2. The summed E-state index contributed by atoms with van der Waals surface area (Å²) in [6.07, 6.45) is 0.00618. The van der Waals surface area contributed by atoms with Crippen LogP contribution in [0.25, 0.3) is 0 Å². The third-order valence-corrected chi connectivity index (χ3v) is 5.61. The Kier molecular flexibility index (Phi) is 4.27. The van der Waals surface area contributed by atoms with E-state index in [0.29, 0.717) is 11.3 Å². The standard InChI is InChI=1S/C16H18N2O5S/c1-9-13(19)17-11-8-10(2-3-12(11)24-9)14(20)18-6-4-16(23,5-7-18)15(21)22/h2-3,8-9,23H,4-7H2,1H3,(H,17,19)(H,21,22). The largest absolute Gasteiger partial charge is 0.479 e. The van der Waals surface area contributed by atoms with Gasteiger partial charge in [-0.25, -0.2) is 4.79 Å². The molecule has 128 valence electrons. The molecule has 0 saturated carbocycles. The first-order valence-corrected chi connectivity index (χ1v) is 8.55. The molecule has 0 spiro atoms. The molecule has 1 aromatic carbocycles. The fourth-order valence-corrected chi connectivity index (χ4v) is 3.75. The molecular weight excluding hydrogens is 332 g/mol. The Morgan fingerprint density at radius 1 is 1.33 bits per heavy atom. The van der Waals surface area contributed by atoms with Crippen LogP contribution in [0.4, 0.5) is 5.69 Å². The van der Waals surface area contributed by atoms with Crippen LogP contribution in [0.5, 0.6) is 0 Å². The van der Waals surface area contributed by atoms with Crippen molar-refractivity contribution in [1.29, 1.82) is 0 Å². The highest BCUT2D eigenvalue weighted by molar-refractivity contribution is 8.00. The first-order valence-electron chi connectivity index (χ1n) is 7.67. The summed E-state index contributed by atoms with van der Waals surface area (Å²) in [4.78, 5) is 37.8. The molecule has 0 radical (unpaired) electrons. The molecule has 3 rings (SSSR count). The van der Waals surface area contributed by atoms with E-state index in [4.69, 9.17) is 5.11 Å². The number of nitrogens with zero attached hydrogens (tertiary/aromatic N) is 1. The Bertz CT molecular complexity index is 712. The highest BCUT2D eigenvalue weighted by Gasteiger charge is 2.40. The lowest BCUT2D eigenvalue weighted by Gasteiger charge is -2.35. The molecule has 8 heteroatoms. The third kappa shape index (κ3) is 2.99. The van der Waals surface area contributed by atoms with Gasteiger partial charge in [0.25, 0.3) is 5.91 Å². The van der Waals surface area contributed by atoms with Crippen LogP contribution in [0.3, 0.4) is 0 Å². The summed E-state index contributed by atoms with van der Waals surface area (Å²) >= 11 is 1.44. The van der Waals surface area contributed by atoms with Crippen LogP contribution in [0, 0.1) is 0 Å². The predicted molar refractivity (Wildman–Crippen MR) is 88.1 cm³/mol. The smallest absolute Gasteiger partial charge is 0.335 e. The van der Waals surface area contributed by atoms with E-state index in [-0.39, 0.29) is 43.0 Å². The van der Waals surface area contributed by atoms with Crippen LogP contribution in [0.1, 0.15) is 30.1 Å². The van der Waals surface area contributed by atoms with E-state index < -0.39 is 11.6 Å². The lowest BCUT2D eigenvalue weighted by molar-refractivity contribution is -0.162. The van der Waals surface area contributed by atoms with Crippen LogP contribution < -0.4 is 5.32 Å². The number of piperidine rings is 1. The number of carboxylic acids is 1. The molecule has 2 heterocycles. The number of carbonyl (C=O) groups excluding carboxylic acids is 2. The van der Waals surface area contributed by atoms with Gasteiger partial charge in [-0.2, -0.15) is 0 Å². The Labute approximate surface area is 143 Å². The van der Waals surface area contributed by atoms with Gasteiger partial charge < -0.3 is 20.4 Å². The van der Waals surface area contributed by atoms with E-state index in [1.807, 2.05) is 6.92 Å². The minimum absolute atomic E-state index is 0.00309. The van der Waals surface area contributed by atoms with Gasteiger partial charge in [-0.3, -0.25) is 9.59 Å². The fourth-order valence-electron chi connectivity index (χ4n) is 2.82. The number of carboxylic acid groups (broad SMARTS) is 1. The van der Waals surface area contributed by atoms with Gasteiger partial charge in [0, 0.05) is 36.4 Å².